The van der Waals surface area contributed by atoms with Gasteiger partial charge in [-0.2, -0.15) is 0 Å². The van der Waals surface area contributed by atoms with Crippen LogP contribution in [0.2, 0.25) is 0 Å². The fourth-order valence-electron chi connectivity index (χ4n) is 2.89. The maximum absolute atomic E-state index is 12.5. The molecular weight excluding hydrogens is 254 g/mol. The van der Waals surface area contributed by atoms with Gasteiger partial charge in [0.1, 0.15) is 0 Å². The number of ketones is 1. The summed E-state index contributed by atoms with van der Waals surface area (Å²) in [6, 6.07) is 5.79. The Labute approximate surface area is 119 Å². The summed E-state index contributed by atoms with van der Waals surface area (Å²) in [6.07, 6.45) is -0.957. The van der Waals surface area contributed by atoms with Crippen LogP contribution in [-0.2, 0) is 0 Å². The average Bonchev–Trinajstić information content (AvgIpc) is 2.33. The molecule has 1 heterocycles. The highest BCUT2D eigenvalue weighted by molar-refractivity contribution is 6.02. The number of Topliss-reactive ketones (excluding diaryl/α,β-unsaturated/α-hetero) is 1. The van der Waals surface area contributed by atoms with Crippen molar-refractivity contribution in [3.63, 3.8) is 0 Å². The van der Waals surface area contributed by atoms with Crippen LogP contribution in [0.3, 0.4) is 0 Å². The lowest BCUT2D eigenvalue weighted by molar-refractivity contribution is 0.0237. The summed E-state index contributed by atoms with van der Waals surface area (Å²) in [7, 11) is 0. The van der Waals surface area contributed by atoms with Crippen LogP contribution in [-0.4, -0.2) is 35.0 Å². The molecule has 1 aliphatic rings. The van der Waals surface area contributed by atoms with E-state index in [0.717, 1.165) is 5.56 Å². The second-order valence-electron chi connectivity index (χ2n) is 6.25. The van der Waals surface area contributed by atoms with Gasteiger partial charge < -0.3 is 10.0 Å². The number of likely N-dealkylation sites (tertiary alicyclic amines) is 1. The molecule has 4 nitrogen and oxygen atoms in total. The molecule has 20 heavy (non-hydrogen) atoms. The van der Waals surface area contributed by atoms with E-state index >= 15 is 0 Å². The summed E-state index contributed by atoms with van der Waals surface area (Å²) >= 11 is 0. The first-order valence-electron chi connectivity index (χ1n) is 6.88. The van der Waals surface area contributed by atoms with Crippen molar-refractivity contribution in [1.82, 2.24) is 4.90 Å². The van der Waals surface area contributed by atoms with E-state index in [9.17, 15) is 9.59 Å². The number of carbonyl (C=O) groups excluding carboxylic acids is 1. The topological polar surface area (TPSA) is 57.6 Å². The molecule has 0 radical (unpaired) electrons. The monoisotopic (exact) mass is 275 g/mol. The Morgan fingerprint density at radius 1 is 1.30 bits per heavy atom. The molecule has 4 heteroatoms. The highest BCUT2D eigenvalue weighted by Gasteiger charge is 2.47. The molecule has 1 saturated heterocycles. The van der Waals surface area contributed by atoms with Gasteiger partial charge >= 0.3 is 6.09 Å². The maximum atomic E-state index is 12.5. The normalized spacial score (nSPS) is 16.9. The Kier molecular flexibility index (Phi) is 3.59. The van der Waals surface area contributed by atoms with Crippen LogP contribution in [0.4, 0.5) is 4.79 Å². The van der Waals surface area contributed by atoms with Gasteiger partial charge in [0.2, 0.25) is 0 Å². The largest absolute Gasteiger partial charge is 0.465 e. The minimum absolute atomic E-state index is 0.0356. The summed E-state index contributed by atoms with van der Waals surface area (Å²) in [5.41, 5.74) is 2.46. The Balaban J connectivity index is 2.19. The SMILES string of the molecule is Cc1cc(C(=O)C2(C)CN(C(=O)O)C2)ccc1C(C)C. The standard InChI is InChI=1S/C16H21NO3/c1-10(2)13-6-5-12(7-11(13)3)14(18)16(4)8-17(9-16)15(19)20/h5-7,10H,8-9H2,1-4H3,(H,19,20). The second kappa shape index (κ2) is 4.93. The van der Waals surface area contributed by atoms with Crippen LogP contribution < -0.4 is 0 Å². The first-order chi connectivity index (χ1) is 9.24. The van der Waals surface area contributed by atoms with Gasteiger partial charge in [0, 0.05) is 18.7 Å². The third-order valence-electron chi connectivity index (χ3n) is 4.05. The van der Waals surface area contributed by atoms with E-state index in [-0.39, 0.29) is 18.9 Å². The average molecular weight is 275 g/mol. The number of rotatable bonds is 3. The number of benzene rings is 1. The number of carboxylic acid groups (broad SMARTS) is 1. The minimum atomic E-state index is -0.957. The molecule has 1 fully saturated rings. The summed E-state index contributed by atoms with van der Waals surface area (Å²) in [6.45, 7) is 8.67. The molecule has 1 aromatic carbocycles. The van der Waals surface area contributed by atoms with Gasteiger partial charge in [-0.15, -0.1) is 0 Å². The number of amides is 1. The summed E-state index contributed by atoms with van der Waals surface area (Å²) in [5, 5.41) is 8.87. The molecule has 108 valence electrons. The number of nitrogens with zero attached hydrogens (tertiary/aromatic N) is 1. The first kappa shape index (κ1) is 14.6. The van der Waals surface area contributed by atoms with Crippen molar-refractivity contribution in [2.75, 3.05) is 13.1 Å². The van der Waals surface area contributed by atoms with E-state index in [2.05, 4.69) is 13.8 Å². The Hall–Kier alpha value is -1.84. The molecule has 0 unspecified atom stereocenters. The minimum Gasteiger partial charge on any atom is -0.465 e. The highest BCUT2D eigenvalue weighted by atomic mass is 16.4. The molecule has 0 atom stereocenters. The van der Waals surface area contributed by atoms with E-state index in [1.165, 1.54) is 10.5 Å². The zero-order valence-corrected chi connectivity index (χ0v) is 12.4. The molecule has 0 bridgehead atoms. The van der Waals surface area contributed by atoms with Crippen LogP contribution in [0, 0.1) is 12.3 Å². The number of aryl methyl sites for hydroxylation is 1. The molecular formula is C16H21NO3. The second-order valence-corrected chi connectivity index (χ2v) is 6.25. The van der Waals surface area contributed by atoms with Crippen molar-refractivity contribution in [2.24, 2.45) is 5.41 Å². The lowest BCUT2D eigenvalue weighted by Gasteiger charge is -2.45. The zero-order valence-electron chi connectivity index (χ0n) is 12.4. The van der Waals surface area contributed by atoms with Gasteiger partial charge in [-0.05, 0) is 37.0 Å². The van der Waals surface area contributed by atoms with Crippen molar-refractivity contribution in [1.29, 1.82) is 0 Å². The lowest BCUT2D eigenvalue weighted by Crippen LogP contribution is -2.60. The summed E-state index contributed by atoms with van der Waals surface area (Å²) in [4.78, 5) is 24.6. The van der Waals surface area contributed by atoms with E-state index in [0.29, 0.717) is 11.5 Å². The van der Waals surface area contributed by atoms with E-state index in [4.69, 9.17) is 5.11 Å². The van der Waals surface area contributed by atoms with Gasteiger partial charge in [0.15, 0.2) is 5.78 Å². The van der Waals surface area contributed by atoms with E-state index < -0.39 is 11.5 Å². The molecule has 0 spiro atoms. The number of hydrogen-bond acceptors (Lipinski definition) is 2. The molecule has 0 aliphatic carbocycles. The van der Waals surface area contributed by atoms with Gasteiger partial charge in [-0.3, -0.25) is 4.79 Å². The number of hydrogen-bond donors (Lipinski definition) is 1. The molecule has 1 aromatic rings. The lowest BCUT2D eigenvalue weighted by atomic mass is 9.75. The molecule has 1 amide bonds. The van der Waals surface area contributed by atoms with Gasteiger partial charge in [0.25, 0.3) is 0 Å². The molecule has 0 aromatic heterocycles. The molecule has 1 N–H and O–H groups in total. The van der Waals surface area contributed by atoms with Crippen LogP contribution in [0.5, 0.6) is 0 Å². The van der Waals surface area contributed by atoms with Crippen molar-refractivity contribution < 1.29 is 14.7 Å². The van der Waals surface area contributed by atoms with Crippen LogP contribution in [0.25, 0.3) is 0 Å². The maximum Gasteiger partial charge on any atom is 0.407 e. The third kappa shape index (κ3) is 2.42. The summed E-state index contributed by atoms with van der Waals surface area (Å²) < 4.78 is 0. The third-order valence-corrected chi connectivity index (χ3v) is 4.05. The van der Waals surface area contributed by atoms with Gasteiger partial charge in [-0.1, -0.05) is 26.0 Å². The highest BCUT2D eigenvalue weighted by Crippen LogP contribution is 2.34. The Bertz CT molecular complexity index is 557. The van der Waals surface area contributed by atoms with Crippen molar-refractivity contribution in [3.05, 3.63) is 34.9 Å². The van der Waals surface area contributed by atoms with Crippen molar-refractivity contribution >= 4 is 11.9 Å². The Morgan fingerprint density at radius 2 is 1.90 bits per heavy atom. The van der Waals surface area contributed by atoms with Crippen molar-refractivity contribution in [3.8, 4) is 0 Å². The smallest absolute Gasteiger partial charge is 0.407 e. The fraction of sp³-hybridized carbons (Fsp3) is 0.500. The van der Waals surface area contributed by atoms with Gasteiger partial charge in [0.05, 0.1) is 5.41 Å². The fourth-order valence-corrected chi connectivity index (χ4v) is 2.89. The van der Waals surface area contributed by atoms with Crippen LogP contribution in [0.1, 0.15) is 48.2 Å². The molecule has 0 saturated carbocycles. The van der Waals surface area contributed by atoms with Crippen LogP contribution in [0.15, 0.2) is 18.2 Å². The number of carbonyl (C=O) groups is 2. The Morgan fingerprint density at radius 3 is 2.35 bits per heavy atom. The molecule has 1 aliphatic heterocycles. The predicted molar refractivity (Wildman–Crippen MR) is 77.3 cm³/mol. The predicted octanol–water partition coefficient (Wildman–Crippen LogP) is 3.30. The van der Waals surface area contributed by atoms with Gasteiger partial charge in [-0.25, -0.2) is 4.79 Å². The van der Waals surface area contributed by atoms with E-state index in [1.807, 2.05) is 32.0 Å². The van der Waals surface area contributed by atoms with Crippen LogP contribution >= 0.6 is 0 Å². The first-order valence-corrected chi connectivity index (χ1v) is 6.88. The zero-order chi connectivity index (χ0) is 15.1. The quantitative estimate of drug-likeness (QED) is 0.861. The van der Waals surface area contributed by atoms with Crippen molar-refractivity contribution in [2.45, 2.75) is 33.6 Å². The van der Waals surface area contributed by atoms with E-state index in [1.54, 1.807) is 0 Å². The summed E-state index contributed by atoms with van der Waals surface area (Å²) in [5.74, 6) is 0.467. The molecule has 2 rings (SSSR count).